The number of nitrogens with zero attached hydrogens (tertiary/aromatic N) is 2. The third kappa shape index (κ3) is 2.18. The predicted molar refractivity (Wildman–Crippen MR) is 85.8 cm³/mol. The Kier molecular flexibility index (Phi) is 2.81. The molecule has 2 heterocycles. The Morgan fingerprint density at radius 1 is 1.24 bits per heavy atom. The Hall–Kier alpha value is -0.450. The second-order valence-corrected chi connectivity index (χ2v) is 8.78. The molecule has 0 bridgehead atoms. The lowest BCUT2D eigenvalue weighted by atomic mass is 9.96. The first-order chi connectivity index (χ1) is 10.2. The van der Waals surface area contributed by atoms with E-state index < -0.39 is 0 Å². The van der Waals surface area contributed by atoms with E-state index in [2.05, 4.69) is 17.1 Å². The van der Waals surface area contributed by atoms with E-state index in [-0.39, 0.29) is 5.54 Å². The molecule has 114 valence electrons. The molecule has 1 saturated heterocycles. The van der Waals surface area contributed by atoms with Crippen molar-refractivity contribution in [2.24, 2.45) is 0 Å². The quantitative estimate of drug-likeness (QED) is 0.927. The van der Waals surface area contributed by atoms with Crippen LogP contribution in [0.5, 0.6) is 0 Å². The standard InChI is InChI=1S/C17H25N3S/c1-11-9-17(19-12-5-6-12,10-20(11)13-7-8-13)16-18-14-3-2-4-15(14)21-16/h11-13,19H,2-10H2,1H3. The Labute approximate surface area is 131 Å². The smallest absolute Gasteiger partial charge is 0.115 e. The number of hydrogen-bond acceptors (Lipinski definition) is 4. The molecule has 3 fully saturated rings. The lowest BCUT2D eigenvalue weighted by molar-refractivity contribution is 0.239. The maximum absolute atomic E-state index is 5.10. The minimum Gasteiger partial charge on any atom is -0.301 e. The fourth-order valence-corrected chi connectivity index (χ4v) is 5.69. The van der Waals surface area contributed by atoms with Gasteiger partial charge in [-0.1, -0.05) is 0 Å². The molecule has 0 aromatic carbocycles. The molecule has 1 aromatic rings. The van der Waals surface area contributed by atoms with Gasteiger partial charge < -0.3 is 5.32 Å². The molecule has 1 aromatic heterocycles. The summed E-state index contributed by atoms with van der Waals surface area (Å²) in [6, 6.07) is 2.34. The van der Waals surface area contributed by atoms with Gasteiger partial charge >= 0.3 is 0 Å². The van der Waals surface area contributed by atoms with Crippen molar-refractivity contribution in [3.05, 3.63) is 15.6 Å². The van der Waals surface area contributed by atoms with Gasteiger partial charge in [-0.15, -0.1) is 11.3 Å². The van der Waals surface area contributed by atoms with E-state index >= 15 is 0 Å². The molecule has 1 N–H and O–H groups in total. The first kappa shape index (κ1) is 13.0. The van der Waals surface area contributed by atoms with Crippen molar-refractivity contribution in [3.8, 4) is 0 Å². The van der Waals surface area contributed by atoms with Crippen molar-refractivity contribution in [2.75, 3.05) is 6.54 Å². The summed E-state index contributed by atoms with van der Waals surface area (Å²) in [6.07, 6.45) is 10.6. The fraction of sp³-hybridized carbons (Fsp3) is 0.824. The Morgan fingerprint density at radius 2 is 2.10 bits per heavy atom. The van der Waals surface area contributed by atoms with Crippen LogP contribution in [0.25, 0.3) is 0 Å². The van der Waals surface area contributed by atoms with E-state index in [1.165, 1.54) is 68.6 Å². The fourth-order valence-electron chi connectivity index (χ4n) is 4.38. The van der Waals surface area contributed by atoms with E-state index in [0.29, 0.717) is 6.04 Å². The summed E-state index contributed by atoms with van der Waals surface area (Å²) in [5.41, 5.74) is 1.59. The molecule has 3 aliphatic carbocycles. The van der Waals surface area contributed by atoms with E-state index in [0.717, 1.165) is 12.1 Å². The highest BCUT2D eigenvalue weighted by Gasteiger charge is 2.51. The van der Waals surface area contributed by atoms with Crippen molar-refractivity contribution < 1.29 is 0 Å². The SMILES string of the molecule is CC1CC(NC2CC2)(c2nc3c(s2)CCC3)CN1C1CC1. The number of rotatable bonds is 4. The van der Waals surface area contributed by atoms with Gasteiger partial charge in [0.1, 0.15) is 5.01 Å². The minimum atomic E-state index is 0.165. The van der Waals surface area contributed by atoms with Crippen LogP contribution in [0.2, 0.25) is 0 Å². The van der Waals surface area contributed by atoms with Crippen LogP contribution in [0, 0.1) is 0 Å². The van der Waals surface area contributed by atoms with Crippen LogP contribution in [0.1, 0.15) is 61.0 Å². The number of aromatic nitrogens is 1. The summed E-state index contributed by atoms with van der Waals surface area (Å²) < 4.78 is 0. The number of fused-ring (bicyclic) bond motifs is 1. The molecule has 21 heavy (non-hydrogen) atoms. The van der Waals surface area contributed by atoms with Gasteiger partial charge in [0.15, 0.2) is 0 Å². The van der Waals surface area contributed by atoms with Gasteiger partial charge in [0.2, 0.25) is 0 Å². The van der Waals surface area contributed by atoms with E-state index in [1.807, 2.05) is 11.3 Å². The molecule has 0 radical (unpaired) electrons. The average Bonchev–Trinajstić information content (AvgIpc) is 3.32. The van der Waals surface area contributed by atoms with Gasteiger partial charge in [-0.2, -0.15) is 0 Å². The molecule has 0 amide bonds. The predicted octanol–water partition coefficient (Wildman–Crippen LogP) is 2.84. The number of hydrogen-bond donors (Lipinski definition) is 1. The van der Waals surface area contributed by atoms with E-state index in [9.17, 15) is 0 Å². The molecule has 3 nitrogen and oxygen atoms in total. The van der Waals surface area contributed by atoms with Gasteiger partial charge in [-0.25, -0.2) is 4.98 Å². The third-order valence-corrected chi connectivity index (χ3v) is 7.10. The number of nitrogens with one attached hydrogen (secondary N) is 1. The molecule has 2 saturated carbocycles. The van der Waals surface area contributed by atoms with Gasteiger partial charge in [-0.05, 0) is 58.3 Å². The zero-order valence-electron chi connectivity index (χ0n) is 12.9. The van der Waals surface area contributed by atoms with Crippen LogP contribution in [0.15, 0.2) is 0 Å². The lowest BCUT2D eigenvalue weighted by Gasteiger charge is -2.29. The van der Waals surface area contributed by atoms with Gasteiger partial charge in [0.05, 0.1) is 11.2 Å². The summed E-state index contributed by atoms with van der Waals surface area (Å²) in [4.78, 5) is 9.45. The molecule has 1 aliphatic heterocycles. The first-order valence-corrected chi connectivity index (χ1v) is 9.58. The van der Waals surface area contributed by atoms with Crippen LogP contribution in [0.3, 0.4) is 0 Å². The highest BCUT2D eigenvalue weighted by Crippen LogP contribution is 2.45. The van der Waals surface area contributed by atoms with Crippen molar-refractivity contribution in [2.45, 2.75) is 82.0 Å². The maximum Gasteiger partial charge on any atom is 0.115 e. The molecule has 2 unspecified atom stereocenters. The van der Waals surface area contributed by atoms with Crippen LogP contribution in [0.4, 0.5) is 0 Å². The highest BCUT2D eigenvalue weighted by atomic mass is 32.1. The number of likely N-dealkylation sites (tertiary alicyclic amines) is 1. The highest BCUT2D eigenvalue weighted by molar-refractivity contribution is 7.12. The molecular weight excluding hydrogens is 278 g/mol. The molecular formula is C17H25N3S. The maximum atomic E-state index is 5.10. The zero-order valence-corrected chi connectivity index (χ0v) is 13.7. The van der Waals surface area contributed by atoms with Crippen molar-refractivity contribution in [1.29, 1.82) is 0 Å². The number of thiazole rings is 1. The normalized spacial score (nSPS) is 36.3. The monoisotopic (exact) mass is 303 g/mol. The lowest BCUT2D eigenvalue weighted by Crippen LogP contribution is -2.46. The first-order valence-electron chi connectivity index (χ1n) is 8.76. The summed E-state index contributed by atoms with van der Waals surface area (Å²) in [5.74, 6) is 0. The summed E-state index contributed by atoms with van der Waals surface area (Å²) in [6.45, 7) is 3.62. The summed E-state index contributed by atoms with van der Waals surface area (Å²) >= 11 is 2.02. The average molecular weight is 303 g/mol. The van der Waals surface area contributed by atoms with Gasteiger partial charge in [0.25, 0.3) is 0 Å². The van der Waals surface area contributed by atoms with Crippen LogP contribution in [-0.2, 0) is 18.4 Å². The summed E-state index contributed by atoms with van der Waals surface area (Å²) in [5, 5.41) is 5.43. The van der Waals surface area contributed by atoms with Crippen molar-refractivity contribution >= 4 is 11.3 Å². The third-order valence-electron chi connectivity index (χ3n) is 5.74. The summed E-state index contributed by atoms with van der Waals surface area (Å²) in [7, 11) is 0. The Balaban J connectivity index is 1.49. The molecule has 0 spiro atoms. The van der Waals surface area contributed by atoms with Gasteiger partial charge in [0, 0.05) is 29.5 Å². The second kappa shape index (κ2) is 4.53. The van der Waals surface area contributed by atoms with Crippen LogP contribution < -0.4 is 5.32 Å². The van der Waals surface area contributed by atoms with Crippen LogP contribution in [-0.4, -0.2) is 34.6 Å². The molecule has 2 atom stereocenters. The van der Waals surface area contributed by atoms with Crippen molar-refractivity contribution in [3.63, 3.8) is 0 Å². The minimum absolute atomic E-state index is 0.165. The molecule has 5 rings (SSSR count). The van der Waals surface area contributed by atoms with E-state index in [1.54, 1.807) is 4.88 Å². The number of aryl methyl sites for hydroxylation is 2. The largest absolute Gasteiger partial charge is 0.301 e. The van der Waals surface area contributed by atoms with E-state index in [4.69, 9.17) is 4.98 Å². The topological polar surface area (TPSA) is 28.2 Å². The zero-order chi connectivity index (χ0) is 14.0. The van der Waals surface area contributed by atoms with Crippen LogP contribution >= 0.6 is 11.3 Å². The Morgan fingerprint density at radius 3 is 2.81 bits per heavy atom. The Bertz CT molecular complexity index is 539. The molecule has 4 aliphatic rings. The molecule has 4 heteroatoms. The van der Waals surface area contributed by atoms with Crippen molar-refractivity contribution in [1.82, 2.24) is 15.2 Å². The second-order valence-electron chi connectivity index (χ2n) is 7.70. The van der Waals surface area contributed by atoms with Gasteiger partial charge in [-0.3, -0.25) is 4.90 Å².